The fraction of sp³-hybridized carbons (Fsp3) is 0.176. The second-order valence-electron chi connectivity index (χ2n) is 5.24. The minimum atomic E-state index is -0.433. The summed E-state index contributed by atoms with van der Waals surface area (Å²) in [6.07, 6.45) is 0. The molecular weight excluding hydrogens is 365 g/mol. The number of ether oxygens (including phenoxy) is 1. The molecule has 0 amide bonds. The molecule has 0 aliphatic rings. The molecule has 6 nitrogen and oxygen atoms in total. The van der Waals surface area contributed by atoms with E-state index < -0.39 is 5.97 Å². The Kier molecular flexibility index (Phi) is 5.01. The molecule has 0 radical (unpaired) electrons. The van der Waals surface area contributed by atoms with Crippen LogP contribution in [0.4, 0.5) is 0 Å². The third-order valence-corrected chi connectivity index (χ3v) is 4.18. The Morgan fingerprint density at radius 2 is 2.08 bits per heavy atom. The van der Waals surface area contributed by atoms with Crippen molar-refractivity contribution in [2.75, 3.05) is 12.0 Å². The predicted octanol–water partition coefficient (Wildman–Crippen LogP) is 3.97. The van der Waals surface area contributed by atoms with Gasteiger partial charge < -0.3 is 15.3 Å². The highest BCUT2D eigenvalue weighted by atomic mass is 35.5. The van der Waals surface area contributed by atoms with E-state index in [9.17, 15) is 9.90 Å². The highest BCUT2D eigenvalue weighted by Crippen LogP contribution is 2.23. The van der Waals surface area contributed by atoms with Crippen molar-refractivity contribution in [1.82, 2.24) is 9.66 Å². The number of nitrogens with zero attached hydrogens (tertiary/aromatic N) is 2. The molecule has 3 rings (SSSR count). The summed E-state index contributed by atoms with van der Waals surface area (Å²) in [5, 5.41) is 11.1. The minimum Gasteiger partial charge on any atom is -0.479 e. The molecule has 0 spiro atoms. The van der Waals surface area contributed by atoms with Crippen molar-refractivity contribution >= 4 is 40.2 Å². The minimum absolute atomic E-state index is 0.221. The Bertz CT molecular complexity index is 940. The molecule has 0 saturated carbocycles. The van der Waals surface area contributed by atoms with E-state index in [1.807, 2.05) is 0 Å². The number of aromatic hydroxyl groups is 1. The van der Waals surface area contributed by atoms with Crippen molar-refractivity contribution in [3.05, 3.63) is 57.6 Å². The molecule has 0 aliphatic carbocycles. The first-order valence-corrected chi connectivity index (χ1v) is 8.31. The first-order valence-electron chi connectivity index (χ1n) is 7.56. The zero-order valence-electron chi connectivity index (χ0n) is 13.3. The Labute approximate surface area is 153 Å². The van der Waals surface area contributed by atoms with E-state index in [0.717, 1.165) is 5.56 Å². The van der Waals surface area contributed by atoms with E-state index in [1.54, 1.807) is 43.3 Å². The van der Waals surface area contributed by atoms with E-state index >= 15 is 0 Å². The lowest BCUT2D eigenvalue weighted by Gasteiger charge is -2.11. The Balaban J connectivity index is 1.90. The maximum Gasteiger partial charge on any atom is 0.338 e. The van der Waals surface area contributed by atoms with Gasteiger partial charge in [0.05, 0.1) is 29.7 Å². The monoisotopic (exact) mass is 379 g/mol. The van der Waals surface area contributed by atoms with Crippen LogP contribution in [0.15, 0.2) is 36.4 Å². The predicted molar refractivity (Wildman–Crippen MR) is 96.9 cm³/mol. The number of aromatic nitrogens is 2. The highest BCUT2D eigenvalue weighted by Gasteiger charge is 2.14. The number of rotatable bonds is 5. The molecule has 8 heteroatoms. The fourth-order valence-corrected chi connectivity index (χ4v) is 2.86. The van der Waals surface area contributed by atoms with E-state index in [4.69, 9.17) is 27.9 Å². The quantitative estimate of drug-likeness (QED) is 0.655. The molecule has 0 aliphatic heterocycles. The summed E-state index contributed by atoms with van der Waals surface area (Å²) in [5.41, 5.74) is 5.30. The Morgan fingerprint density at radius 3 is 2.80 bits per heavy atom. The van der Waals surface area contributed by atoms with E-state index in [2.05, 4.69) is 10.4 Å². The summed E-state index contributed by atoms with van der Waals surface area (Å²) in [6, 6.07) is 9.80. The molecular formula is C17H15Cl2N3O3. The summed E-state index contributed by atoms with van der Waals surface area (Å²) >= 11 is 12.0. The van der Waals surface area contributed by atoms with Gasteiger partial charge in [0.15, 0.2) is 0 Å². The second kappa shape index (κ2) is 7.21. The van der Waals surface area contributed by atoms with Crippen LogP contribution in [0, 0.1) is 0 Å². The topological polar surface area (TPSA) is 76.4 Å². The zero-order valence-corrected chi connectivity index (χ0v) is 14.8. The first kappa shape index (κ1) is 17.4. The van der Waals surface area contributed by atoms with Crippen LogP contribution in [-0.2, 0) is 11.3 Å². The molecule has 0 saturated heterocycles. The fourth-order valence-electron chi connectivity index (χ4n) is 2.39. The van der Waals surface area contributed by atoms with Crippen molar-refractivity contribution in [1.29, 1.82) is 0 Å². The number of esters is 1. The largest absolute Gasteiger partial charge is 0.479 e. The third-order valence-electron chi connectivity index (χ3n) is 3.59. The van der Waals surface area contributed by atoms with E-state index in [-0.39, 0.29) is 12.6 Å². The van der Waals surface area contributed by atoms with Crippen LogP contribution in [0.5, 0.6) is 6.01 Å². The first-order chi connectivity index (χ1) is 12.0. The average molecular weight is 380 g/mol. The van der Waals surface area contributed by atoms with Crippen LogP contribution in [-0.4, -0.2) is 27.3 Å². The maximum absolute atomic E-state index is 11.9. The molecule has 1 heterocycles. The molecule has 130 valence electrons. The summed E-state index contributed by atoms with van der Waals surface area (Å²) in [6.45, 7) is 2.36. The lowest BCUT2D eigenvalue weighted by atomic mass is 10.2. The molecule has 2 aromatic carbocycles. The second-order valence-corrected chi connectivity index (χ2v) is 6.09. The Hall–Kier alpha value is -2.44. The SMILES string of the molecule is CCOC(=O)c1ccc2nc(O)n(NCc3ccc(Cl)cc3Cl)c2c1. The maximum atomic E-state index is 11.9. The van der Waals surface area contributed by atoms with Gasteiger partial charge in [0.2, 0.25) is 0 Å². The van der Waals surface area contributed by atoms with Gasteiger partial charge >= 0.3 is 12.0 Å². The van der Waals surface area contributed by atoms with Gasteiger partial charge in [-0.3, -0.25) is 0 Å². The number of benzene rings is 2. The number of fused-ring (bicyclic) bond motifs is 1. The number of hydrogen-bond donors (Lipinski definition) is 2. The van der Waals surface area contributed by atoms with Crippen LogP contribution < -0.4 is 5.43 Å². The lowest BCUT2D eigenvalue weighted by molar-refractivity contribution is 0.0526. The number of nitrogens with one attached hydrogen (secondary N) is 1. The van der Waals surface area contributed by atoms with Crippen molar-refractivity contribution in [2.24, 2.45) is 0 Å². The number of imidazole rings is 1. The normalized spacial score (nSPS) is 10.8. The van der Waals surface area contributed by atoms with Gasteiger partial charge in [-0.25, -0.2) is 9.47 Å². The lowest BCUT2D eigenvalue weighted by Crippen LogP contribution is -2.14. The smallest absolute Gasteiger partial charge is 0.338 e. The molecule has 1 aromatic heterocycles. The standard InChI is InChI=1S/C17H15Cl2N3O3/c1-2-25-16(23)10-4-6-14-15(7-10)22(17(24)21-14)20-9-11-3-5-12(18)8-13(11)19/h3-8,20H,2,9H2,1H3,(H,21,24). The molecule has 25 heavy (non-hydrogen) atoms. The summed E-state index contributed by atoms with van der Waals surface area (Å²) in [7, 11) is 0. The summed E-state index contributed by atoms with van der Waals surface area (Å²) in [5.74, 6) is -0.433. The van der Waals surface area contributed by atoms with Crippen LogP contribution in [0.1, 0.15) is 22.8 Å². The van der Waals surface area contributed by atoms with Gasteiger partial charge in [-0.05, 0) is 42.8 Å². The molecule has 0 atom stereocenters. The molecule has 2 N–H and O–H groups in total. The number of halogens is 2. The number of hydrogen-bond acceptors (Lipinski definition) is 5. The number of carbonyl (C=O) groups excluding carboxylic acids is 1. The van der Waals surface area contributed by atoms with Crippen molar-refractivity contribution < 1.29 is 14.6 Å². The van der Waals surface area contributed by atoms with Gasteiger partial charge in [-0.15, -0.1) is 0 Å². The Morgan fingerprint density at radius 1 is 1.28 bits per heavy atom. The van der Waals surface area contributed by atoms with Crippen molar-refractivity contribution in [2.45, 2.75) is 13.5 Å². The molecule has 0 fully saturated rings. The van der Waals surface area contributed by atoms with E-state index in [1.165, 1.54) is 4.68 Å². The molecule has 3 aromatic rings. The van der Waals surface area contributed by atoms with Gasteiger partial charge in [-0.2, -0.15) is 4.98 Å². The summed E-state index contributed by atoms with van der Waals surface area (Å²) < 4.78 is 6.39. The zero-order chi connectivity index (χ0) is 18.0. The van der Waals surface area contributed by atoms with E-state index in [0.29, 0.717) is 33.2 Å². The van der Waals surface area contributed by atoms with Crippen LogP contribution >= 0.6 is 23.2 Å². The van der Waals surface area contributed by atoms with Gasteiger partial charge in [-0.1, -0.05) is 29.3 Å². The third kappa shape index (κ3) is 3.65. The van der Waals surface area contributed by atoms with Crippen LogP contribution in [0.3, 0.4) is 0 Å². The summed E-state index contributed by atoms with van der Waals surface area (Å²) in [4.78, 5) is 16.0. The molecule has 0 bridgehead atoms. The average Bonchev–Trinajstić information content (AvgIpc) is 2.89. The van der Waals surface area contributed by atoms with Crippen LogP contribution in [0.25, 0.3) is 11.0 Å². The van der Waals surface area contributed by atoms with Gasteiger partial charge in [0.1, 0.15) is 0 Å². The van der Waals surface area contributed by atoms with Crippen molar-refractivity contribution in [3.8, 4) is 6.01 Å². The number of carbonyl (C=O) groups is 1. The highest BCUT2D eigenvalue weighted by molar-refractivity contribution is 6.35. The molecule has 0 unspecified atom stereocenters. The van der Waals surface area contributed by atoms with Gasteiger partial charge in [0, 0.05) is 10.0 Å². The van der Waals surface area contributed by atoms with Gasteiger partial charge in [0.25, 0.3) is 0 Å². The van der Waals surface area contributed by atoms with Crippen molar-refractivity contribution in [3.63, 3.8) is 0 Å². The van der Waals surface area contributed by atoms with Crippen LogP contribution in [0.2, 0.25) is 10.0 Å².